The number of rotatable bonds is 3. The molecule has 2 aromatic rings. The lowest BCUT2D eigenvalue weighted by Crippen LogP contribution is -1.93. The van der Waals surface area contributed by atoms with E-state index < -0.39 is 5.97 Å². The summed E-state index contributed by atoms with van der Waals surface area (Å²) in [6, 6.07) is 5.52. The van der Waals surface area contributed by atoms with Crippen LogP contribution in [0.3, 0.4) is 0 Å². The Hall–Kier alpha value is -2.07. The molecule has 0 saturated heterocycles. The maximum absolute atomic E-state index is 10.8. The molecule has 1 aromatic heterocycles. The van der Waals surface area contributed by atoms with E-state index in [1.165, 1.54) is 6.08 Å². The first-order valence-electron chi connectivity index (χ1n) is 6.53. The van der Waals surface area contributed by atoms with Crippen LogP contribution in [0.1, 0.15) is 23.9 Å². The Morgan fingerprint density at radius 3 is 2.57 bits per heavy atom. The second-order valence-corrected chi connectivity index (χ2v) is 5.44. The fourth-order valence-electron chi connectivity index (χ4n) is 2.39. The summed E-state index contributed by atoms with van der Waals surface area (Å²) in [5.74, 6) is -0.960. The van der Waals surface area contributed by atoms with Crippen molar-refractivity contribution in [2.24, 2.45) is 7.05 Å². The first kappa shape index (κ1) is 15.3. The van der Waals surface area contributed by atoms with E-state index in [2.05, 4.69) is 5.10 Å². The molecule has 4 nitrogen and oxygen atoms in total. The number of benzene rings is 1. The first-order valence-corrected chi connectivity index (χ1v) is 6.90. The largest absolute Gasteiger partial charge is 0.478 e. The van der Waals surface area contributed by atoms with Gasteiger partial charge in [0.2, 0.25) is 0 Å². The van der Waals surface area contributed by atoms with Gasteiger partial charge in [-0.2, -0.15) is 5.10 Å². The minimum absolute atomic E-state index is 0.626. The van der Waals surface area contributed by atoms with Crippen LogP contribution in [0.4, 0.5) is 0 Å². The van der Waals surface area contributed by atoms with Crippen LogP contribution in [0.25, 0.3) is 16.7 Å². The molecule has 0 saturated carbocycles. The molecule has 0 unspecified atom stereocenters. The molecule has 0 bridgehead atoms. The molecular formula is C16H17ClN2O2. The lowest BCUT2D eigenvalue weighted by atomic mass is 9.98. The fourth-order valence-corrected chi connectivity index (χ4v) is 2.61. The number of carboxylic acids is 1. The van der Waals surface area contributed by atoms with Crippen molar-refractivity contribution in [1.82, 2.24) is 9.78 Å². The molecule has 0 aliphatic rings. The van der Waals surface area contributed by atoms with E-state index >= 15 is 0 Å². The standard InChI is InChI=1S/C16H17ClN2O2/c1-9(7-15(20)21)12-5-6-14(17)13(8-12)16-10(2)18-19(4)11(16)3/h5-8H,1-4H3,(H,20,21)/b9-7+. The fraction of sp³-hybridized carbons (Fsp3) is 0.250. The van der Waals surface area contributed by atoms with Crippen molar-refractivity contribution < 1.29 is 9.90 Å². The van der Waals surface area contributed by atoms with Crippen LogP contribution in [0, 0.1) is 13.8 Å². The van der Waals surface area contributed by atoms with Crippen molar-refractivity contribution in [2.75, 3.05) is 0 Å². The van der Waals surface area contributed by atoms with Crippen LogP contribution >= 0.6 is 11.6 Å². The number of carbonyl (C=O) groups is 1. The van der Waals surface area contributed by atoms with E-state index in [1.807, 2.05) is 37.7 Å². The van der Waals surface area contributed by atoms with Gasteiger partial charge < -0.3 is 5.11 Å². The van der Waals surface area contributed by atoms with Gasteiger partial charge in [0.1, 0.15) is 0 Å². The van der Waals surface area contributed by atoms with Crippen LogP contribution < -0.4 is 0 Å². The van der Waals surface area contributed by atoms with Crippen LogP contribution in [-0.2, 0) is 11.8 Å². The van der Waals surface area contributed by atoms with E-state index in [-0.39, 0.29) is 0 Å². The average molecular weight is 305 g/mol. The zero-order chi connectivity index (χ0) is 15.7. The highest BCUT2D eigenvalue weighted by Crippen LogP contribution is 2.34. The minimum atomic E-state index is -0.960. The molecule has 0 aliphatic carbocycles. The lowest BCUT2D eigenvalue weighted by Gasteiger charge is -2.09. The van der Waals surface area contributed by atoms with Gasteiger partial charge in [0.05, 0.1) is 5.69 Å². The number of aromatic nitrogens is 2. The number of aliphatic carboxylic acids is 1. The number of carboxylic acid groups (broad SMARTS) is 1. The summed E-state index contributed by atoms with van der Waals surface area (Å²) in [5, 5.41) is 13.9. The summed E-state index contributed by atoms with van der Waals surface area (Å²) in [7, 11) is 1.89. The molecule has 0 radical (unpaired) electrons. The number of nitrogens with zero attached hydrogens (tertiary/aromatic N) is 2. The molecule has 2 rings (SSSR count). The van der Waals surface area contributed by atoms with Crippen LogP contribution in [0.2, 0.25) is 5.02 Å². The summed E-state index contributed by atoms with van der Waals surface area (Å²) in [6.07, 6.45) is 1.19. The molecule has 0 amide bonds. The second-order valence-electron chi connectivity index (χ2n) is 5.03. The van der Waals surface area contributed by atoms with E-state index in [0.29, 0.717) is 10.6 Å². The number of halogens is 1. The molecule has 0 spiro atoms. The maximum Gasteiger partial charge on any atom is 0.328 e. The van der Waals surface area contributed by atoms with E-state index in [1.54, 1.807) is 13.0 Å². The monoisotopic (exact) mass is 304 g/mol. The Morgan fingerprint density at radius 2 is 2.05 bits per heavy atom. The van der Waals surface area contributed by atoms with Gasteiger partial charge in [0.25, 0.3) is 0 Å². The Bertz CT molecular complexity index is 745. The average Bonchev–Trinajstić information content (AvgIpc) is 2.63. The van der Waals surface area contributed by atoms with Crippen LogP contribution in [0.5, 0.6) is 0 Å². The predicted molar refractivity (Wildman–Crippen MR) is 84.4 cm³/mol. The van der Waals surface area contributed by atoms with Crippen molar-refractivity contribution in [1.29, 1.82) is 0 Å². The molecule has 1 heterocycles. The molecule has 0 aliphatic heterocycles. The Morgan fingerprint density at radius 1 is 1.38 bits per heavy atom. The van der Waals surface area contributed by atoms with Gasteiger partial charge in [0, 0.05) is 35.0 Å². The maximum atomic E-state index is 10.8. The van der Waals surface area contributed by atoms with Crippen LogP contribution in [-0.4, -0.2) is 20.9 Å². The van der Waals surface area contributed by atoms with Gasteiger partial charge in [-0.25, -0.2) is 4.79 Å². The van der Waals surface area contributed by atoms with Gasteiger partial charge in [0.15, 0.2) is 0 Å². The third kappa shape index (κ3) is 3.00. The van der Waals surface area contributed by atoms with Crippen molar-refractivity contribution in [3.05, 3.63) is 46.2 Å². The molecule has 1 N–H and O–H groups in total. The SMILES string of the molecule is C/C(=C\C(=O)O)c1ccc(Cl)c(-c2c(C)nn(C)c2C)c1. The smallest absolute Gasteiger partial charge is 0.328 e. The highest BCUT2D eigenvalue weighted by molar-refractivity contribution is 6.33. The zero-order valence-corrected chi connectivity index (χ0v) is 13.2. The second kappa shape index (κ2) is 5.74. The van der Waals surface area contributed by atoms with Gasteiger partial charge >= 0.3 is 5.97 Å². The van der Waals surface area contributed by atoms with E-state index in [9.17, 15) is 4.79 Å². The molecule has 5 heteroatoms. The minimum Gasteiger partial charge on any atom is -0.478 e. The summed E-state index contributed by atoms with van der Waals surface area (Å²) in [4.78, 5) is 10.8. The number of hydrogen-bond donors (Lipinski definition) is 1. The summed E-state index contributed by atoms with van der Waals surface area (Å²) < 4.78 is 1.81. The third-order valence-corrected chi connectivity index (χ3v) is 3.87. The molecule has 21 heavy (non-hydrogen) atoms. The molecule has 0 atom stereocenters. The summed E-state index contributed by atoms with van der Waals surface area (Å²) in [5.41, 5.74) is 5.29. The molecule has 1 aromatic carbocycles. The Kier molecular flexibility index (Phi) is 4.19. The number of hydrogen-bond acceptors (Lipinski definition) is 2. The highest BCUT2D eigenvalue weighted by atomic mass is 35.5. The van der Waals surface area contributed by atoms with Crippen molar-refractivity contribution in [3.8, 4) is 11.1 Å². The van der Waals surface area contributed by atoms with Gasteiger partial charge in [-0.05, 0) is 44.0 Å². The van der Waals surface area contributed by atoms with E-state index in [0.717, 1.165) is 28.1 Å². The number of aryl methyl sites for hydroxylation is 2. The van der Waals surface area contributed by atoms with Crippen molar-refractivity contribution in [2.45, 2.75) is 20.8 Å². The highest BCUT2D eigenvalue weighted by Gasteiger charge is 2.15. The Balaban J connectivity index is 2.62. The molecule has 110 valence electrons. The third-order valence-electron chi connectivity index (χ3n) is 3.54. The van der Waals surface area contributed by atoms with Gasteiger partial charge in [-0.15, -0.1) is 0 Å². The zero-order valence-electron chi connectivity index (χ0n) is 12.4. The number of allylic oxidation sites excluding steroid dienone is 1. The van der Waals surface area contributed by atoms with Crippen molar-refractivity contribution in [3.63, 3.8) is 0 Å². The van der Waals surface area contributed by atoms with Gasteiger partial charge in [-0.3, -0.25) is 4.68 Å². The van der Waals surface area contributed by atoms with Crippen molar-refractivity contribution >= 4 is 23.1 Å². The lowest BCUT2D eigenvalue weighted by molar-refractivity contribution is -0.131. The van der Waals surface area contributed by atoms with Crippen LogP contribution in [0.15, 0.2) is 24.3 Å². The normalized spacial score (nSPS) is 11.8. The molecular weight excluding hydrogens is 288 g/mol. The topological polar surface area (TPSA) is 55.1 Å². The first-order chi connectivity index (χ1) is 9.81. The predicted octanol–water partition coefficient (Wildman–Crippen LogP) is 3.85. The van der Waals surface area contributed by atoms with Gasteiger partial charge in [-0.1, -0.05) is 17.7 Å². The molecule has 0 fully saturated rings. The summed E-state index contributed by atoms with van der Waals surface area (Å²) >= 11 is 6.32. The quantitative estimate of drug-likeness (QED) is 0.876. The van der Waals surface area contributed by atoms with E-state index in [4.69, 9.17) is 16.7 Å². The Labute approximate surface area is 128 Å². The summed E-state index contributed by atoms with van der Waals surface area (Å²) in [6.45, 7) is 5.69.